The molecule has 0 aliphatic carbocycles. The fraction of sp³-hybridized carbons (Fsp3) is 0.154. The average molecular weight is 328 g/mol. The highest BCUT2D eigenvalue weighted by Gasteiger charge is 2.17. The van der Waals surface area contributed by atoms with E-state index in [1.54, 1.807) is 19.9 Å². The van der Waals surface area contributed by atoms with Gasteiger partial charge in [-0.25, -0.2) is 0 Å². The van der Waals surface area contributed by atoms with E-state index in [9.17, 15) is 10.1 Å². The van der Waals surface area contributed by atoms with Crippen molar-refractivity contribution in [1.29, 1.82) is 0 Å². The first-order chi connectivity index (χ1) is 9.79. The molecule has 1 aromatic carbocycles. The smallest absolute Gasteiger partial charge is 0.276 e. The number of halogens is 2. The number of rotatable bonds is 3. The molecular formula is C13H11Cl2N3O3. The number of pyridine rings is 1. The Kier molecular flexibility index (Phi) is 4.20. The minimum atomic E-state index is -0.479. The van der Waals surface area contributed by atoms with Gasteiger partial charge in [-0.1, -0.05) is 23.2 Å². The molecule has 0 atom stereocenters. The third kappa shape index (κ3) is 3.17. The lowest BCUT2D eigenvalue weighted by atomic mass is 10.1. The molecule has 0 bridgehead atoms. The second-order valence-electron chi connectivity index (χ2n) is 4.41. The molecule has 0 spiro atoms. The molecule has 1 aromatic heterocycles. The summed E-state index contributed by atoms with van der Waals surface area (Å²) in [6, 6.07) is 4.38. The Bertz CT molecular complexity index is 735. The number of nitrogen functional groups attached to an aromatic ring is 1. The molecule has 1 heterocycles. The third-order valence-corrected chi connectivity index (χ3v) is 3.39. The van der Waals surface area contributed by atoms with Gasteiger partial charge in [-0.05, 0) is 31.5 Å². The first-order valence-electron chi connectivity index (χ1n) is 5.84. The van der Waals surface area contributed by atoms with Crippen molar-refractivity contribution in [3.05, 3.63) is 49.5 Å². The number of nitrogens with zero attached hydrogens (tertiary/aromatic N) is 2. The van der Waals surface area contributed by atoms with Crippen LogP contribution in [-0.2, 0) is 0 Å². The highest BCUT2D eigenvalue weighted by Crippen LogP contribution is 2.35. The Labute approximate surface area is 130 Å². The van der Waals surface area contributed by atoms with Crippen LogP contribution in [0.5, 0.6) is 11.6 Å². The minimum absolute atomic E-state index is 0.0415. The molecule has 0 aliphatic heterocycles. The predicted molar refractivity (Wildman–Crippen MR) is 81.3 cm³/mol. The Morgan fingerprint density at radius 3 is 2.48 bits per heavy atom. The van der Waals surface area contributed by atoms with Gasteiger partial charge in [0.1, 0.15) is 16.6 Å². The largest absolute Gasteiger partial charge is 0.437 e. The lowest BCUT2D eigenvalue weighted by Gasteiger charge is -2.11. The summed E-state index contributed by atoms with van der Waals surface area (Å²) in [6.45, 7) is 3.42. The van der Waals surface area contributed by atoms with Gasteiger partial charge < -0.3 is 10.5 Å². The molecule has 2 aromatic rings. The monoisotopic (exact) mass is 327 g/mol. The van der Waals surface area contributed by atoms with Gasteiger partial charge in [0.15, 0.2) is 0 Å². The molecule has 21 heavy (non-hydrogen) atoms. The zero-order valence-corrected chi connectivity index (χ0v) is 12.7. The molecule has 0 aliphatic rings. The zero-order chi connectivity index (χ0) is 15.7. The average Bonchev–Trinajstić information content (AvgIpc) is 2.38. The number of nitro groups is 1. The van der Waals surface area contributed by atoms with Gasteiger partial charge in [0, 0.05) is 5.56 Å². The number of nitro benzene ring substituents is 1. The van der Waals surface area contributed by atoms with Crippen LogP contribution in [0, 0.1) is 24.0 Å². The van der Waals surface area contributed by atoms with Crippen molar-refractivity contribution in [2.75, 3.05) is 5.73 Å². The van der Waals surface area contributed by atoms with Crippen LogP contribution < -0.4 is 10.5 Å². The zero-order valence-electron chi connectivity index (χ0n) is 11.2. The number of aromatic nitrogens is 1. The fourth-order valence-electron chi connectivity index (χ4n) is 1.77. The Balaban J connectivity index is 2.47. The normalized spacial score (nSPS) is 10.5. The summed E-state index contributed by atoms with van der Waals surface area (Å²) in [7, 11) is 0. The molecule has 0 radical (unpaired) electrons. The Hall–Kier alpha value is -2.05. The van der Waals surface area contributed by atoms with E-state index in [-0.39, 0.29) is 33.2 Å². The lowest BCUT2D eigenvalue weighted by molar-refractivity contribution is -0.385. The second-order valence-corrected chi connectivity index (χ2v) is 5.22. The topological polar surface area (TPSA) is 91.3 Å². The molecule has 0 saturated heterocycles. The number of anilines is 1. The maximum atomic E-state index is 11.0. The van der Waals surface area contributed by atoms with Crippen LogP contribution in [0.1, 0.15) is 11.1 Å². The second kappa shape index (κ2) is 5.75. The molecule has 6 nitrogen and oxygen atoms in total. The van der Waals surface area contributed by atoms with E-state index in [1.807, 2.05) is 0 Å². The van der Waals surface area contributed by atoms with Crippen LogP contribution in [0.4, 0.5) is 11.5 Å². The summed E-state index contributed by atoms with van der Waals surface area (Å²) < 4.78 is 5.54. The van der Waals surface area contributed by atoms with E-state index < -0.39 is 4.92 Å². The van der Waals surface area contributed by atoms with Gasteiger partial charge in [-0.2, -0.15) is 4.98 Å². The first kappa shape index (κ1) is 15.3. The number of nitrogens with two attached hydrogens (primary N) is 1. The van der Waals surface area contributed by atoms with E-state index in [4.69, 9.17) is 33.7 Å². The summed E-state index contributed by atoms with van der Waals surface area (Å²) in [4.78, 5) is 14.4. The van der Waals surface area contributed by atoms with Crippen molar-refractivity contribution in [3.8, 4) is 11.6 Å². The molecule has 0 saturated carbocycles. The van der Waals surface area contributed by atoms with Crippen molar-refractivity contribution in [2.45, 2.75) is 13.8 Å². The lowest BCUT2D eigenvalue weighted by Crippen LogP contribution is -1.98. The summed E-state index contributed by atoms with van der Waals surface area (Å²) >= 11 is 11.8. The number of aryl methyl sites for hydroxylation is 2. The summed E-state index contributed by atoms with van der Waals surface area (Å²) in [5, 5.41) is 11.3. The van der Waals surface area contributed by atoms with Crippen molar-refractivity contribution in [3.63, 3.8) is 0 Å². The van der Waals surface area contributed by atoms with Crippen molar-refractivity contribution in [2.24, 2.45) is 0 Å². The molecule has 8 heteroatoms. The number of hydrogen-bond donors (Lipinski definition) is 1. The van der Waals surface area contributed by atoms with Crippen LogP contribution in [0.15, 0.2) is 18.2 Å². The predicted octanol–water partition coefficient (Wildman–Crippen LogP) is 4.29. The van der Waals surface area contributed by atoms with Gasteiger partial charge >= 0.3 is 0 Å². The molecule has 0 fully saturated rings. The Morgan fingerprint density at radius 1 is 1.19 bits per heavy atom. The molecular weight excluding hydrogens is 317 g/mol. The number of hydrogen-bond acceptors (Lipinski definition) is 5. The van der Waals surface area contributed by atoms with Crippen LogP contribution in [0.3, 0.4) is 0 Å². The fourth-order valence-corrected chi connectivity index (χ4v) is 2.16. The van der Waals surface area contributed by atoms with Gasteiger partial charge in [-0.15, -0.1) is 0 Å². The van der Waals surface area contributed by atoms with E-state index in [0.29, 0.717) is 11.1 Å². The van der Waals surface area contributed by atoms with Crippen LogP contribution in [-0.4, -0.2) is 9.91 Å². The standard InChI is InChI=1S/C13H11Cl2N3O3/c1-6-3-7(2)11(5-10(6)18(19)20)21-13-9(15)4-8(14)12(16)17-13/h3-5H,1-2H3,(H2,16,17). The van der Waals surface area contributed by atoms with Gasteiger partial charge in [0.05, 0.1) is 16.0 Å². The molecule has 2 N–H and O–H groups in total. The van der Waals surface area contributed by atoms with Crippen LogP contribution in [0.2, 0.25) is 10.0 Å². The van der Waals surface area contributed by atoms with E-state index in [0.717, 1.165) is 0 Å². The van der Waals surface area contributed by atoms with Crippen molar-refractivity contribution >= 4 is 34.7 Å². The van der Waals surface area contributed by atoms with E-state index in [2.05, 4.69) is 4.98 Å². The minimum Gasteiger partial charge on any atom is -0.437 e. The summed E-state index contributed by atoms with van der Waals surface area (Å²) in [6.07, 6.45) is 0. The summed E-state index contributed by atoms with van der Waals surface area (Å²) in [5.74, 6) is 0.388. The summed E-state index contributed by atoms with van der Waals surface area (Å²) in [5.41, 5.74) is 6.80. The number of benzene rings is 1. The maximum Gasteiger partial charge on any atom is 0.276 e. The molecule has 0 amide bonds. The molecule has 0 unspecified atom stereocenters. The van der Waals surface area contributed by atoms with Crippen LogP contribution >= 0.6 is 23.2 Å². The van der Waals surface area contributed by atoms with Crippen molar-refractivity contribution in [1.82, 2.24) is 4.98 Å². The maximum absolute atomic E-state index is 11.0. The van der Waals surface area contributed by atoms with E-state index >= 15 is 0 Å². The van der Waals surface area contributed by atoms with Gasteiger partial charge in [-0.3, -0.25) is 10.1 Å². The molecule has 110 valence electrons. The third-order valence-electron chi connectivity index (χ3n) is 2.82. The quantitative estimate of drug-likeness (QED) is 0.670. The van der Waals surface area contributed by atoms with Crippen LogP contribution in [0.25, 0.3) is 0 Å². The highest BCUT2D eigenvalue weighted by atomic mass is 35.5. The van der Waals surface area contributed by atoms with Crippen molar-refractivity contribution < 1.29 is 9.66 Å². The number of ether oxygens (including phenoxy) is 1. The SMILES string of the molecule is Cc1cc(C)c([N+](=O)[O-])cc1Oc1nc(N)c(Cl)cc1Cl. The first-order valence-corrected chi connectivity index (χ1v) is 6.60. The van der Waals surface area contributed by atoms with Gasteiger partial charge in [0.2, 0.25) is 5.88 Å². The van der Waals surface area contributed by atoms with E-state index in [1.165, 1.54) is 12.1 Å². The van der Waals surface area contributed by atoms with Gasteiger partial charge in [0.25, 0.3) is 5.69 Å². The Morgan fingerprint density at radius 2 is 1.86 bits per heavy atom. The molecule has 2 rings (SSSR count). The highest BCUT2D eigenvalue weighted by molar-refractivity contribution is 6.36.